The molecule has 0 aromatic heterocycles. The number of carbonyl (C=O) groups excluding carboxylic acids is 1. The van der Waals surface area contributed by atoms with Crippen LogP contribution in [0.4, 0.5) is 5.69 Å². The Morgan fingerprint density at radius 1 is 0.839 bits per heavy atom. The monoisotopic (exact) mass is 412 g/mol. The molecule has 3 aromatic rings. The van der Waals surface area contributed by atoms with Crippen LogP contribution < -0.4 is 5.73 Å². The summed E-state index contributed by atoms with van der Waals surface area (Å²) in [5, 5.41) is 0. The summed E-state index contributed by atoms with van der Waals surface area (Å²) in [7, 11) is 0. The maximum Gasteiger partial charge on any atom is 0.254 e. The Labute approximate surface area is 183 Å². The molecule has 31 heavy (non-hydrogen) atoms. The molecule has 5 nitrogen and oxygen atoms in total. The molecule has 1 saturated heterocycles. The molecule has 1 amide bonds. The highest BCUT2D eigenvalue weighted by Gasteiger charge is 2.28. The van der Waals surface area contributed by atoms with Gasteiger partial charge in [-0.2, -0.15) is 0 Å². The van der Waals surface area contributed by atoms with Crippen LogP contribution in [0.15, 0.2) is 89.9 Å². The second kappa shape index (κ2) is 9.58. The van der Waals surface area contributed by atoms with Gasteiger partial charge in [0.05, 0.1) is 17.6 Å². The number of amidine groups is 1. The van der Waals surface area contributed by atoms with Gasteiger partial charge in [0, 0.05) is 31.7 Å². The highest BCUT2D eigenvalue weighted by molar-refractivity contribution is 5.95. The van der Waals surface area contributed by atoms with Crippen LogP contribution in [0.5, 0.6) is 0 Å². The van der Waals surface area contributed by atoms with Gasteiger partial charge in [0.25, 0.3) is 5.91 Å². The third kappa shape index (κ3) is 5.01. The van der Waals surface area contributed by atoms with Crippen LogP contribution in [0.1, 0.15) is 34.5 Å². The fourth-order valence-electron chi connectivity index (χ4n) is 4.16. The van der Waals surface area contributed by atoms with Gasteiger partial charge in [0.2, 0.25) is 0 Å². The van der Waals surface area contributed by atoms with E-state index in [4.69, 9.17) is 5.73 Å². The smallest absolute Gasteiger partial charge is 0.254 e. The molecular formula is C26H28N4O. The molecule has 0 atom stereocenters. The van der Waals surface area contributed by atoms with Crippen LogP contribution in [0, 0.1) is 0 Å². The first kappa shape index (κ1) is 20.8. The maximum absolute atomic E-state index is 13.1. The lowest BCUT2D eigenvalue weighted by atomic mass is 9.96. The van der Waals surface area contributed by atoms with Gasteiger partial charge in [-0.25, -0.2) is 4.99 Å². The van der Waals surface area contributed by atoms with Gasteiger partial charge in [0.15, 0.2) is 0 Å². The molecule has 0 aliphatic carbocycles. The lowest BCUT2D eigenvalue weighted by Gasteiger charge is -2.39. The zero-order valence-electron chi connectivity index (χ0n) is 17.8. The van der Waals surface area contributed by atoms with E-state index in [0.717, 1.165) is 13.1 Å². The Kier molecular flexibility index (Phi) is 6.43. The summed E-state index contributed by atoms with van der Waals surface area (Å²) in [4.78, 5) is 21.7. The van der Waals surface area contributed by atoms with Crippen LogP contribution in [0.25, 0.3) is 0 Å². The van der Waals surface area contributed by atoms with Crippen molar-refractivity contribution in [3.05, 3.63) is 102 Å². The van der Waals surface area contributed by atoms with E-state index in [-0.39, 0.29) is 11.9 Å². The van der Waals surface area contributed by atoms with E-state index < -0.39 is 0 Å². The highest BCUT2D eigenvalue weighted by Crippen LogP contribution is 2.29. The van der Waals surface area contributed by atoms with Crippen LogP contribution in [-0.2, 0) is 0 Å². The van der Waals surface area contributed by atoms with Crippen molar-refractivity contribution in [1.82, 2.24) is 9.80 Å². The SMILES string of the molecule is C/C(N)=N/c1cccc(C(=O)N2CCN(C(c3ccccc3)c3ccccc3)CC2)c1. The van der Waals surface area contributed by atoms with E-state index in [2.05, 4.69) is 58.4 Å². The summed E-state index contributed by atoms with van der Waals surface area (Å²) < 4.78 is 0. The first-order valence-corrected chi connectivity index (χ1v) is 10.7. The molecule has 1 aliphatic rings. The Morgan fingerprint density at radius 2 is 1.42 bits per heavy atom. The minimum absolute atomic E-state index is 0.0438. The van der Waals surface area contributed by atoms with Gasteiger partial charge in [0.1, 0.15) is 0 Å². The van der Waals surface area contributed by atoms with Crippen molar-refractivity contribution >= 4 is 17.4 Å². The number of hydrogen-bond donors (Lipinski definition) is 1. The van der Waals surface area contributed by atoms with Gasteiger partial charge in [-0.3, -0.25) is 9.69 Å². The molecule has 1 heterocycles. The fraction of sp³-hybridized carbons (Fsp3) is 0.231. The van der Waals surface area contributed by atoms with Crippen molar-refractivity contribution in [2.45, 2.75) is 13.0 Å². The molecule has 0 unspecified atom stereocenters. The molecule has 158 valence electrons. The fourth-order valence-corrected chi connectivity index (χ4v) is 4.16. The first-order chi connectivity index (χ1) is 15.1. The molecule has 0 spiro atoms. The van der Waals surface area contributed by atoms with Crippen molar-refractivity contribution in [1.29, 1.82) is 0 Å². The normalized spacial score (nSPS) is 15.3. The number of aliphatic imine (C=N–C) groups is 1. The van der Waals surface area contributed by atoms with E-state index >= 15 is 0 Å². The average molecular weight is 413 g/mol. The van der Waals surface area contributed by atoms with Crippen LogP contribution in [0.3, 0.4) is 0 Å². The summed E-state index contributed by atoms with van der Waals surface area (Å²) >= 11 is 0. The zero-order valence-corrected chi connectivity index (χ0v) is 17.8. The number of rotatable bonds is 5. The van der Waals surface area contributed by atoms with Crippen LogP contribution in [-0.4, -0.2) is 47.7 Å². The van der Waals surface area contributed by atoms with Gasteiger partial charge in [-0.15, -0.1) is 0 Å². The quantitative estimate of drug-likeness (QED) is 0.504. The lowest BCUT2D eigenvalue weighted by Crippen LogP contribution is -2.49. The number of amides is 1. The second-order valence-electron chi connectivity index (χ2n) is 7.86. The largest absolute Gasteiger partial charge is 0.387 e. The van der Waals surface area contributed by atoms with E-state index in [1.54, 1.807) is 6.92 Å². The second-order valence-corrected chi connectivity index (χ2v) is 7.86. The summed E-state index contributed by atoms with van der Waals surface area (Å²) in [6.07, 6.45) is 0. The number of nitrogens with zero attached hydrogens (tertiary/aromatic N) is 3. The van der Waals surface area contributed by atoms with Crippen molar-refractivity contribution in [2.75, 3.05) is 26.2 Å². The van der Waals surface area contributed by atoms with Crippen molar-refractivity contribution in [3.63, 3.8) is 0 Å². The number of benzene rings is 3. The predicted molar refractivity (Wildman–Crippen MR) is 126 cm³/mol. The van der Waals surface area contributed by atoms with Crippen molar-refractivity contribution < 1.29 is 4.79 Å². The van der Waals surface area contributed by atoms with Gasteiger partial charge in [-0.1, -0.05) is 66.7 Å². The summed E-state index contributed by atoms with van der Waals surface area (Å²) in [6.45, 7) is 4.76. The number of nitrogens with two attached hydrogens (primary N) is 1. The lowest BCUT2D eigenvalue weighted by molar-refractivity contribution is 0.0597. The standard InChI is InChI=1S/C26H28N4O/c1-20(27)28-24-14-8-13-23(19-24)26(31)30-17-15-29(16-18-30)25(21-9-4-2-5-10-21)22-11-6-3-7-12-22/h2-14,19,25H,15-18H2,1H3,(H2,27,28). The predicted octanol–water partition coefficient (Wildman–Crippen LogP) is 4.24. The molecule has 0 radical (unpaired) electrons. The summed E-state index contributed by atoms with van der Waals surface area (Å²) in [5.41, 5.74) is 9.59. The molecule has 2 N–H and O–H groups in total. The molecule has 1 fully saturated rings. The van der Waals surface area contributed by atoms with E-state index in [1.807, 2.05) is 41.3 Å². The average Bonchev–Trinajstić information content (AvgIpc) is 2.80. The highest BCUT2D eigenvalue weighted by atomic mass is 16.2. The summed E-state index contributed by atoms with van der Waals surface area (Å²) in [5.74, 6) is 0.522. The van der Waals surface area contributed by atoms with Gasteiger partial charge in [-0.05, 0) is 36.2 Å². The third-order valence-corrected chi connectivity index (χ3v) is 5.60. The molecule has 1 aliphatic heterocycles. The zero-order chi connectivity index (χ0) is 21.6. The number of carbonyl (C=O) groups is 1. The molecule has 4 rings (SSSR count). The van der Waals surface area contributed by atoms with Crippen LogP contribution in [0.2, 0.25) is 0 Å². The topological polar surface area (TPSA) is 61.9 Å². The van der Waals surface area contributed by atoms with Crippen LogP contribution >= 0.6 is 0 Å². The van der Waals surface area contributed by atoms with Crippen molar-refractivity contribution in [2.24, 2.45) is 10.7 Å². The first-order valence-electron chi connectivity index (χ1n) is 10.7. The molecular weight excluding hydrogens is 384 g/mol. The molecule has 0 saturated carbocycles. The Hall–Kier alpha value is -3.44. The van der Waals surface area contributed by atoms with E-state index in [1.165, 1.54) is 11.1 Å². The Bertz CT molecular complexity index is 998. The molecule has 0 bridgehead atoms. The Morgan fingerprint density at radius 3 is 1.97 bits per heavy atom. The van der Waals surface area contributed by atoms with Gasteiger partial charge >= 0.3 is 0 Å². The van der Waals surface area contributed by atoms with Crippen molar-refractivity contribution in [3.8, 4) is 0 Å². The minimum atomic E-state index is 0.0438. The minimum Gasteiger partial charge on any atom is -0.387 e. The molecule has 3 aromatic carbocycles. The summed E-state index contributed by atoms with van der Waals surface area (Å²) in [6, 6.07) is 28.7. The number of hydrogen-bond acceptors (Lipinski definition) is 3. The van der Waals surface area contributed by atoms with E-state index in [0.29, 0.717) is 30.2 Å². The molecule has 5 heteroatoms. The van der Waals surface area contributed by atoms with Gasteiger partial charge < -0.3 is 10.6 Å². The number of piperazine rings is 1. The maximum atomic E-state index is 13.1. The third-order valence-electron chi connectivity index (χ3n) is 5.60. The van der Waals surface area contributed by atoms with E-state index in [9.17, 15) is 4.79 Å². The Balaban J connectivity index is 1.49.